The van der Waals surface area contributed by atoms with E-state index in [0.717, 1.165) is 48.0 Å². The number of halogens is 1. The molecule has 2 aromatic heterocycles. The van der Waals surface area contributed by atoms with Crippen LogP contribution in [0.15, 0.2) is 58.7 Å². The largest absolute Gasteiger partial charge is 0.367 e. The number of benzene rings is 1. The number of aliphatic imine (C=N–C) groups is 2. The standard InChI is InChI=1S/C27H34FN9O/c1-18(2)31-26(16-29-4)32-19(3)20-5-6-21-15-30-25(14-22(21)13-20)33-27(38)24-17-37(35-34-24)23-7-10-36(11-8-23)12-9-28/h5-6,13-18,23,31H,4,7-12H2,1-3H3,(H,30,33,38)/b26-16-,32-19+. The number of anilines is 1. The van der Waals surface area contributed by atoms with Crippen LogP contribution in [0.3, 0.4) is 0 Å². The average molecular weight is 520 g/mol. The summed E-state index contributed by atoms with van der Waals surface area (Å²) in [6.45, 7) is 11.2. The Labute approximate surface area is 221 Å². The number of aromatic nitrogens is 4. The van der Waals surface area contributed by atoms with E-state index in [2.05, 4.69) is 47.5 Å². The second kappa shape index (κ2) is 12.5. The van der Waals surface area contributed by atoms with E-state index in [1.807, 2.05) is 45.0 Å². The molecular weight excluding hydrogens is 485 g/mol. The van der Waals surface area contributed by atoms with E-state index < -0.39 is 0 Å². The average Bonchev–Trinajstić information content (AvgIpc) is 3.39. The van der Waals surface area contributed by atoms with Crippen molar-refractivity contribution >= 4 is 34.9 Å². The van der Waals surface area contributed by atoms with Crippen molar-refractivity contribution in [3.63, 3.8) is 0 Å². The fourth-order valence-corrected chi connectivity index (χ4v) is 4.43. The molecule has 1 amide bonds. The van der Waals surface area contributed by atoms with Crippen molar-refractivity contribution in [2.45, 2.75) is 45.7 Å². The van der Waals surface area contributed by atoms with Crippen LogP contribution in [0.5, 0.6) is 0 Å². The van der Waals surface area contributed by atoms with Crippen LogP contribution in [0.25, 0.3) is 10.8 Å². The van der Waals surface area contributed by atoms with Gasteiger partial charge in [-0.1, -0.05) is 17.3 Å². The maximum atomic E-state index is 12.9. The molecule has 1 fully saturated rings. The van der Waals surface area contributed by atoms with Crippen molar-refractivity contribution in [2.24, 2.45) is 9.98 Å². The Bertz CT molecular complexity index is 1340. The maximum absolute atomic E-state index is 12.9. The predicted molar refractivity (Wildman–Crippen MR) is 149 cm³/mol. The summed E-state index contributed by atoms with van der Waals surface area (Å²) >= 11 is 0. The highest BCUT2D eigenvalue weighted by Crippen LogP contribution is 2.22. The second-order valence-corrected chi connectivity index (χ2v) is 9.62. The molecule has 0 spiro atoms. The topological polar surface area (TPSA) is 113 Å². The lowest BCUT2D eigenvalue weighted by Gasteiger charge is -2.30. The highest BCUT2D eigenvalue weighted by atomic mass is 19.1. The number of likely N-dealkylation sites (tertiary alicyclic amines) is 1. The van der Waals surface area contributed by atoms with Crippen LogP contribution >= 0.6 is 0 Å². The monoisotopic (exact) mass is 519 g/mol. The number of carbonyl (C=O) groups is 1. The molecule has 1 aromatic carbocycles. The zero-order valence-corrected chi connectivity index (χ0v) is 22.1. The first-order valence-corrected chi connectivity index (χ1v) is 12.8. The minimum atomic E-state index is -0.377. The van der Waals surface area contributed by atoms with Gasteiger partial charge in [-0.15, -0.1) is 5.10 Å². The van der Waals surface area contributed by atoms with Crippen LogP contribution in [0.1, 0.15) is 55.7 Å². The molecule has 0 atom stereocenters. The molecule has 1 aliphatic heterocycles. The number of pyridine rings is 1. The normalized spacial score (nSPS) is 15.7. The number of nitrogens with one attached hydrogen (secondary N) is 2. The van der Waals surface area contributed by atoms with Crippen molar-refractivity contribution in [1.82, 2.24) is 30.2 Å². The molecule has 3 aromatic rings. The van der Waals surface area contributed by atoms with Gasteiger partial charge < -0.3 is 15.5 Å². The van der Waals surface area contributed by atoms with Gasteiger partial charge in [-0.25, -0.2) is 19.0 Å². The van der Waals surface area contributed by atoms with Gasteiger partial charge in [0.15, 0.2) is 5.69 Å². The molecule has 11 heteroatoms. The van der Waals surface area contributed by atoms with Gasteiger partial charge in [0, 0.05) is 43.0 Å². The zero-order chi connectivity index (χ0) is 27.1. The van der Waals surface area contributed by atoms with Crippen LogP contribution in [0.4, 0.5) is 10.2 Å². The van der Waals surface area contributed by atoms with Gasteiger partial charge in [0.2, 0.25) is 0 Å². The van der Waals surface area contributed by atoms with Crippen LogP contribution in [0.2, 0.25) is 0 Å². The Hall–Kier alpha value is -3.99. The van der Waals surface area contributed by atoms with Crippen molar-refractivity contribution in [1.29, 1.82) is 0 Å². The Kier molecular flexibility index (Phi) is 8.90. The summed E-state index contributed by atoms with van der Waals surface area (Å²) in [7, 11) is 0. The first-order chi connectivity index (χ1) is 18.4. The Balaban J connectivity index is 1.46. The number of carbonyl (C=O) groups excluding carboxylic acids is 1. The van der Waals surface area contributed by atoms with Crippen LogP contribution in [-0.4, -0.2) is 75.6 Å². The fraction of sp³-hybridized carbons (Fsp3) is 0.407. The Morgan fingerprint density at radius 3 is 2.76 bits per heavy atom. The molecular formula is C27H34FN9O. The minimum Gasteiger partial charge on any atom is -0.367 e. The summed E-state index contributed by atoms with van der Waals surface area (Å²) in [6, 6.07) is 8.13. The molecule has 0 radical (unpaired) electrons. The first-order valence-electron chi connectivity index (χ1n) is 12.8. The number of nitrogens with zero attached hydrogens (tertiary/aromatic N) is 7. The van der Waals surface area contributed by atoms with Crippen LogP contribution < -0.4 is 10.6 Å². The van der Waals surface area contributed by atoms with Crippen molar-refractivity contribution < 1.29 is 9.18 Å². The maximum Gasteiger partial charge on any atom is 0.278 e. The molecule has 3 heterocycles. The number of hydrogen-bond acceptors (Lipinski definition) is 8. The first kappa shape index (κ1) is 27.1. The van der Waals surface area contributed by atoms with Gasteiger partial charge in [-0.05, 0) is 63.4 Å². The van der Waals surface area contributed by atoms with E-state index in [9.17, 15) is 9.18 Å². The lowest BCUT2D eigenvalue weighted by molar-refractivity contribution is 0.102. The van der Waals surface area contributed by atoms with Gasteiger partial charge in [-0.3, -0.25) is 9.79 Å². The molecule has 1 aliphatic rings. The van der Waals surface area contributed by atoms with Gasteiger partial charge in [-0.2, -0.15) is 0 Å². The third-order valence-corrected chi connectivity index (χ3v) is 6.39. The molecule has 2 N–H and O–H groups in total. The summed E-state index contributed by atoms with van der Waals surface area (Å²) in [5.74, 6) is 0.674. The van der Waals surface area contributed by atoms with E-state index in [0.29, 0.717) is 18.2 Å². The van der Waals surface area contributed by atoms with E-state index in [-0.39, 0.29) is 30.4 Å². The highest BCUT2D eigenvalue weighted by molar-refractivity contribution is 6.04. The molecule has 0 saturated carbocycles. The summed E-state index contributed by atoms with van der Waals surface area (Å²) in [5.41, 5.74) is 1.97. The zero-order valence-electron chi connectivity index (χ0n) is 22.1. The predicted octanol–water partition coefficient (Wildman–Crippen LogP) is 3.99. The fourth-order valence-electron chi connectivity index (χ4n) is 4.43. The van der Waals surface area contributed by atoms with Crippen LogP contribution in [0, 0.1) is 0 Å². The van der Waals surface area contributed by atoms with E-state index in [1.54, 1.807) is 23.3 Å². The third-order valence-electron chi connectivity index (χ3n) is 6.39. The number of fused-ring (bicyclic) bond motifs is 1. The molecule has 0 aliphatic carbocycles. The number of alkyl halides is 1. The van der Waals surface area contributed by atoms with E-state index in [4.69, 9.17) is 0 Å². The van der Waals surface area contributed by atoms with Gasteiger partial charge in [0.1, 0.15) is 18.3 Å². The summed E-state index contributed by atoms with van der Waals surface area (Å²) < 4.78 is 14.3. The van der Waals surface area contributed by atoms with Gasteiger partial charge in [0.25, 0.3) is 5.91 Å². The third kappa shape index (κ3) is 6.86. The van der Waals surface area contributed by atoms with E-state index in [1.165, 1.54) is 0 Å². The highest BCUT2D eigenvalue weighted by Gasteiger charge is 2.22. The van der Waals surface area contributed by atoms with Gasteiger partial charge in [0.05, 0.1) is 18.4 Å². The smallest absolute Gasteiger partial charge is 0.278 e. The summed E-state index contributed by atoms with van der Waals surface area (Å²) in [5, 5.41) is 16.2. The number of rotatable bonds is 10. The lowest BCUT2D eigenvalue weighted by Crippen LogP contribution is -2.36. The number of piperidine rings is 1. The lowest BCUT2D eigenvalue weighted by atomic mass is 10.1. The number of amides is 1. The molecule has 0 unspecified atom stereocenters. The van der Waals surface area contributed by atoms with Crippen LogP contribution in [-0.2, 0) is 0 Å². The van der Waals surface area contributed by atoms with Crippen molar-refractivity contribution in [2.75, 3.05) is 31.6 Å². The quantitative estimate of drug-likeness (QED) is 0.392. The van der Waals surface area contributed by atoms with Crippen molar-refractivity contribution in [3.8, 4) is 0 Å². The SMILES string of the molecule is C=N/C=C(\N=C(/C)c1ccc2cnc(NC(=O)c3cn(C4CCN(CCF)CC4)nn3)cc2c1)NC(C)C. The molecule has 1 saturated heterocycles. The van der Waals surface area contributed by atoms with Crippen molar-refractivity contribution in [3.05, 3.63) is 59.9 Å². The summed E-state index contributed by atoms with van der Waals surface area (Å²) in [6.07, 6.45) is 6.66. The number of hydrogen-bond donors (Lipinski definition) is 2. The molecule has 4 rings (SSSR count). The Morgan fingerprint density at radius 2 is 2.05 bits per heavy atom. The minimum absolute atomic E-state index is 0.149. The Morgan fingerprint density at radius 1 is 1.26 bits per heavy atom. The molecule has 38 heavy (non-hydrogen) atoms. The summed E-state index contributed by atoms with van der Waals surface area (Å²) in [4.78, 5) is 27.8. The molecule has 200 valence electrons. The van der Waals surface area contributed by atoms with E-state index >= 15 is 0 Å². The van der Waals surface area contributed by atoms with Gasteiger partial charge >= 0.3 is 0 Å². The molecule has 10 nitrogen and oxygen atoms in total. The molecule has 0 bridgehead atoms. The second-order valence-electron chi connectivity index (χ2n) is 9.62.